The largest absolute Gasteiger partial charge is 0.423 e. The summed E-state index contributed by atoms with van der Waals surface area (Å²) in [5.74, 6) is -0.325. The Balaban J connectivity index is 1.72. The number of aromatic nitrogens is 3. The summed E-state index contributed by atoms with van der Waals surface area (Å²) in [6.07, 6.45) is 3.01. The molecule has 0 saturated carbocycles. The fourth-order valence-corrected chi connectivity index (χ4v) is 2.10. The van der Waals surface area contributed by atoms with Gasteiger partial charge in [0.2, 0.25) is 5.91 Å². The van der Waals surface area contributed by atoms with E-state index in [4.69, 9.17) is 4.74 Å². The summed E-state index contributed by atoms with van der Waals surface area (Å²) in [7, 11) is 0. The number of nitrogens with one attached hydrogen (secondary N) is 1. The van der Waals surface area contributed by atoms with Crippen LogP contribution in [-0.4, -0.2) is 26.6 Å². The zero-order valence-electron chi connectivity index (χ0n) is 12.8. The molecule has 0 spiro atoms. The molecule has 3 rings (SSSR count). The summed E-state index contributed by atoms with van der Waals surface area (Å²) < 4.78 is 6.92. The standard InChI is InChI=1S/C17H14N4O3/c1-12(22)20-14-3-2-4-16(9-14)24-17(23)13-5-7-15(8-6-13)21-11-18-10-19-21/h2-11H,1H3,(H,20,22). The van der Waals surface area contributed by atoms with Gasteiger partial charge in [-0.1, -0.05) is 6.07 Å². The Morgan fingerprint density at radius 1 is 1.12 bits per heavy atom. The van der Waals surface area contributed by atoms with E-state index in [2.05, 4.69) is 15.4 Å². The Morgan fingerprint density at radius 3 is 2.58 bits per heavy atom. The Morgan fingerprint density at radius 2 is 1.92 bits per heavy atom. The minimum Gasteiger partial charge on any atom is -0.423 e. The third-order valence-electron chi connectivity index (χ3n) is 3.15. The number of carbonyl (C=O) groups is 2. The lowest BCUT2D eigenvalue weighted by Gasteiger charge is -2.07. The van der Waals surface area contributed by atoms with E-state index in [9.17, 15) is 9.59 Å². The molecule has 1 amide bonds. The van der Waals surface area contributed by atoms with Crippen molar-refractivity contribution in [2.24, 2.45) is 0 Å². The zero-order chi connectivity index (χ0) is 16.9. The number of ether oxygens (including phenoxy) is 1. The first-order chi connectivity index (χ1) is 11.6. The van der Waals surface area contributed by atoms with Crippen molar-refractivity contribution < 1.29 is 14.3 Å². The van der Waals surface area contributed by atoms with Crippen molar-refractivity contribution in [1.29, 1.82) is 0 Å². The second-order valence-corrected chi connectivity index (χ2v) is 4.99. The Kier molecular flexibility index (Phi) is 4.33. The average Bonchev–Trinajstić information content (AvgIpc) is 3.09. The Hall–Kier alpha value is -3.48. The number of nitrogens with zero attached hydrogens (tertiary/aromatic N) is 3. The predicted octanol–water partition coefficient (Wildman–Crippen LogP) is 2.44. The minimum atomic E-state index is -0.486. The van der Waals surface area contributed by atoms with Gasteiger partial charge < -0.3 is 10.1 Å². The van der Waals surface area contributed by atoms with Crippen molar-refractivity contribution >= 4 is 17.6 Å². The van der Waals surface area contributed by atoms with Crippen molar-refractivity contribution in [2.45, 2.75) is 6.92 Å². The number of esters is 1. The molecule has 24 heavy (non-hydrogen) atoms. The van der Waals surface area contributed by atoms with Crippen LogP contribution < -0.4 is 10.1 Å². The van der Waals surface area contributed by atoms with Crippen LogP contribution in [0, 0.1) is 0 Å². The zero-order valence-corrected chi connectivity index (χ0v) is 12.8. The van der Waals surface area contributed by atoms with Gasteiger partial charge in [0.1, 0.15) is 18.4 Å². The summed E-state index contributed by atoms with van der Waals surface area (Å²) in [6, 6.07) is 13.4. The summed E-state index contributed by atoms with van der Waals surface area (Å²) in [5, 5.41) is 6.65. The van der Waals surface area contributed by atoms with Crippen molar-refractivity contribution in [2.75, 3.05) is 5.32 Å². The first-order valence-electron chi connectivity index (χ1n) is 7.17. The van der Waals surface area contributed by atoms with Crippen LogP contribution >= 0.6 is 0 Å². The lowest BCUT2D eigenvalue weighted by Crippen LogP contribution is -2.10. The predicted molar refractivity (Wildman–Crippen MR) is 87.1 cm³/mol. The van der Waals surface area contributed by atoms with E-state index in [1.54, 1.807) is 59.5 Å². The first kappa shape index (κ1) is 15.4. The normalized spacial score (nSPS) is 10.2. The molecule has 1 aromatic heterocycles. The SMILES string of the molecule is CC(=O)Nc1cccc(OC(=O)c2ccc(-n3cncn3)cc2)c1. The molecule has 120 valence electrons. The molecule has 3 aromatic rings. The molecule has 0 saturated heterocycles. The van der Waals surface area contributed by atoms with Gasteiger partial charge in [0.25, 0.3) is 0 Å². The number of amides is 1. The van der Waals surface area contributed by atoms with Crippen molar-refractivity contribution in [3.8, 4) is 11.4 Å². The second-order valence-electron chi connectivity index (χ2n) is 4.99. The van der Waals surface area contributed by atoms with E-state index in [0.29, 0.717) is 17.0 Å². The molecule has 0 radical (unpaired) electrons. The van der Waals surface area contributed by atoms with E-state index in [1.165, 1.54) is 13.3 Å². The highest BCUT2D eigenvalue weighted by atomic mass is 16.5. The van der Waals surface area contributed by atoms with Crippen LogP contribution in [-0.2, 0) is 4.79 Å². The molecule has 1 N–H and O–H groups in total. The van der Waals surface area contributed by atoms with Crippen LogP contribution in [0.25, 0.3) is 5.69 Å². The third kappa shape index (κ3) is 3.64. The molecule has 0 aliphatic carbocycles. The lowest BCUT2D eigenvalue weighted by atomic mass is 10.2. The summed E-state index contributed by atoms with van der Waals surface area (Å²) >= 11 is 0. The second kappa shape index (κ2) is 6.74. The molecule has 0 aliphatic heterocycles. The van der Waals surface area contributed by atoms with Crippen LogP contribution in [0.5, 0.6) is 5.75 Å². The van der Waals surface area contributed by atoms with Crippen LogP contribution in [0.2, 0.25) is 0 Å². The van der Waals surface area contributed by atoms with Gasteiger partial charge in [-0.05, 0) is 36.4 Å². The van der Waals surface area contributed by atoms with Gasteiger partial charge in [-0.25, -0.2) is 14.5 Å². The van der Waals surface area contributed by atoms with E-state index in [-0.39, 0.29) is 5.91 Å². The monoisotopic (exact) mass is 322 g/mol. The van der Waals surface area contributed by atoms with Crippen molar-refractivity contribution in [3.05, 3.63) is 66.7 Å². The molecule has 0 bridgehead atoms. The maximum Gasteiger partial charge on any atom is 0.343 e. The van der Waals surface area contributed by atoms with Gasteiger partial charge in [-0.2, -0.15) is 5.10 Å². The highest BCUT2D eigenvalue weighted by molar-refractivity contribution is 5.92. The molecule has 0 atom stereocenters. The number of benzene rings is 2. The van der Waals surface area contributed by atoms with E-state index in [1.807, 2.05) is 0 Å². The maximum absolute atomic E-state index is 12.2. The maximum atomic E-state index is 12.2. The molecule has 0 fully saturated rings. The van der Waals surface area contributed by atoms with Gasteiger partial charge in [0.15, 0.2) is 0 Å². The molecule has 1 heterocycles. The highest BCUT2D eigenvalue weighted by Gasteiger charge is 2.10. The lowest BCUT2D eigenvalue weighted by molar-refractivity contribution is -0.114. The summed E-state index contributed by atoms with van der Waals surface area (Å²) in [6.45, 7) is 1.41. The average molecular weight is 322 g/mol. The summed E-state index contributed by atoms with van der Waals surface area (Å²) in [4.78, 5) is 27.1. The van der Waals surface area contributed by atoms with Gasteiger partial charge in [-0.15, -0.1) is 0 Å². The van der Waals surface area contributed by atoms with E-state index < -0.39 is 5.97 Å². The topological polar surface area (TPSA) is 86.1 Å². The van der Waals surface area contributed by atoms with Crippen LogP contribution in [0.15, 0.2) is 61.2 Å². The molecule has 2 aromatic carbocycles. The Bertz CT molecular complexity index is 858. The van der Waals surface area contributed by atoms with Gasteiger partial charge in [0, 0.05) is 18.7 Å². The third-order valence-corrected chi connectivity index (χ3v) is 3.15. The summed E-state index contributed by atoms with van der Waals surface area (Å²) in [5.41, 5.74) is 1.76. The molecule has 7 nitrogen and oxygen atoms in total. The van der Waals surface area contributed by atoms with Gasteiger partial charge in [-0.3, -0.25) is 4.79 Å². The van der Waals surface area contributed by atoms with E-state index in [0.717, 1.165) is 5.69 Å². The molecule has 0 aliphatic rings. The smallest absolute Gasteiger partial charge is 0.343 e. The number of hydrogen-bond acceptors (Lipinski definition) is 5. The fourth-order valence-electron chi connectivity index (χ4n) is 2.10. The molecular weight excluding hydrogens is 308 g/mol. The number of anilines is 1. The number of rotatable bonds is 4. The molecule has 0 unspecified atom stereocenters. The fraction of sp³-hybridized carbons (Fsp3) is 0.0588. The van der Waals surface area contributed by atoms with Crippen LogP contribution in [0.4, 0.5) is 5.69 Å². The van der Waals surface area contributed by atoms with Crippen molar-refractivity contribution in [1.82, 2.24) is 14.8 Å². The van der Waals surface area contributed by atoms with Crippen LogP contribution in [0.3, 0.4) is 0 Å². The van der Waals surface area contributed by atoms with Crippen LogP contribution in [0.1, 0.15) is 17.3 Å². The number of hydrogen-bond donors (Lipinski definition) is 1. The molecule has 7 heteroatoms. The highest BCUT2D eigenvalue weighted by Crippen LogP contribution is 2.19. The Labute approximate surface area is 137 Å². The van der Waals surface area contributed by atoms with E-state index >= 15 is 0 Å². The first-order valence-corrected chi connectivity index (χ1v) is 7.17. The minimum absolute atomic E-state index is 0.192. The van der Waals surface area contributed by atoms with Gasteiger partial charge >= 0.3 is 5.97 Å². The number of carbonyl (C=O) groups excluding carboxylic acids is 2. The van der Waals surface area contributed by atoms with Gasteiger partial charge in [0.05, 0.1) is 11.3 Å². The molecular formula is C17H14N4O3. The quantitative estimate of drug-likeness (QED) is 0.589. The van der Waals surface area contributed by atoms with Crippen molar-refractivity contribution in [3.63, 3.8) is 0 Å².